The number of fused-ring (bicyclic) bond motifs is 1. The lowest BCUT2D eigenvalue weighted by molar-refractivity contribution is -0.136. The molecule has 6 heterocycles. The second-order valence-corrected chi connectivity index (χ2v) is 15.5. The number of imide groups is 2. The van der Waals surface area contributed by atoms with Gasteiger partial charge in [0.1, 0.15) is 17.6 Å². The van der Waals surface area contributed by atoms with E-state index in [9.17, 15) is 37.5 Å². The number of piperidine rings is 1. The molecular formula is C41H39ClF2N12O7. The molecule has 0 bridgehead atoms. The van der Waals surface area contributed by atoms with E-state index in [0.717, 1.165) is 4.90 Å². The van der Waals surface area contributed by atoms with Gasteiger partial charge in [0.15, 0.2) is 0 Å². The van der Waals surface area contributed by atoms with Crippen molar-refractivity contribution in [2.75, 3.05) is 35.2 Å². The quantitative estimate of drug-likeness (QED) is 0.0703. The SMILES string of the molecule is O=C1CCC(N2C(=O)c3cccc(NCCn4cc(CCCC(=O)NC5CCN(c6ncc(C(=O)Nc7ccc(OC(F)(F)Cl)cc7)cc6-c6ccn[nH]6)C5)nn4)c3C2=O)C(=O)N1. The summed E-state index contributed by atoms with van der Waals surface area (Å²) in [5.74, 6) is -2.46. The Hall–Kier alpha value is -7.29. The molecule has 2 atom stereocenters. The number of benzene rings is 2. The van der Waals surface area contributed by atoms with Crippen molar-refractivity contribution < 1.29 is 42.3 Å². The van der Waals surface area contributed by atoms with Crippen molar-refractivity contribution in [2.45, 2.75) is 62.7 Å². The maximum Gasteiger partial charge on any atom is 0.487 e. The summed E-state index contributed by atoms with van der Waals surface area (Å²) in [6.07, 6.45) is 6.89. The number of pyridine rings is 1. The standard InChI is InChI=1S/C41H39ClF2N12O7/c42-41(43,44)63-27-9-7-24(8-10-27)49-37(59)23-19-29(30-13-15-47-52-30)36(46-20-23)54-17-14-25(21-54)48-33(57)6-1-3-26-22-55(53-51-26)18-16-45-31-5-2-4-28-35(31)40(62)56(39(28)61)32-11-12-34(58)50-38(32)60/h2,4-5,7-10,13,15,19-20,22,25,32,45H,1,3,6,11-12,14,16-18,21H2,(H,47,52)(H,48,57)(H,49,59)(H,50,58,60). The average molecular weight is 885 g/mol. The number of hydrogen-bond donors (Lipinski definition) is 5. The lowest BCUT2D eigenvalue weighted by Crippen LogP contribution is -2.54. The predicted octanol–water partition coefficient (Wildman–Crippen LogP) is 3.71. The Morgan fingerprint density at radius 3 is 2.60 bits per heavy atom. The molecule has 0 aliphatic carbocycles. The third kappa shape index (κ3) is 9.77. The summed E-state index contributed by atoms with van der Waals surface area (Å²) in [6, 6.07) is 12.4. The van der Waals surface area contributed by atoms with Gasteiger partial charge in [0.25, 0.3) is 17.7 Å². The smallest absolute Gasteiger partial charge is 0.420 e. The highest BCUT2D eigenvalue weighted by Crippen LogP contribution is 2.34. The van der Waals surface area contributed by atoms with Crippen LogP contribution in [0.25, 0.3) is 11.3 Å². The number of hydrogen-bond acceptors (Lipinski definition) is 13. The lowest BCUT2D eigenvalue weighted by Gasteiger charge is -2.27. The maximum atomic E-state index is 13.4. The number of H-pyrrole nitrogens is 1. The van der Waals surface area contributed by atoms with Crippen molar-refractivity contribution in [2.24, 2.45) is 0 Å². The zero-order valence-corrected chi connectivity index (χ0v) is 34.0. The number of carbonyl (C=O) groups is 6. The summed E-state index contributed by atoms with van der Waals surface area (Å²) < 4.78 is 31.9. The van der Waals surface area contributed by atoms with Crippen molar-refractivity contribution >= 4 is 64.2 Å². The minimum atomic E-state index is -3.86. The lowest BCUT2D eigenvalue weighted by atomic mass is 10.0. The first-order valence-corrected chi connectivity index (χ1v) is 20.4. The number of halogens is 3. The highest BCUT2D eigenvalue weighted by atomic mass is 35.5. The number of aryl methyl sites for hydroxylation is 1. The van der Waals surface area contributed by atoms with Crippen molar-refractivity contribution in [1.29, 1.82) is 0 Å². The first-order valence-electron chi connectivity index (χ1n) is 20.0. The normalized spacial score (nSPS) is 17.4. The third-order valence-corrected chi connectivity index (χ3v) is 10.7. The van der Waals surface area contributed by atoms with E-state index in [0.29, 0.717) is 79.6 Å². The zero-order valence-electron chi connectivity index (χ0n) is 33.3. The highest BCUT2D eigenvalue weighted by Gasteiger charge is 2.45. The van der Waals surface area contributed by atoms with E-state index < -0.39 is 41.1 Å². The molecule has 3 aliphatic heterocycles. The maximum absolute atomic E-state index is 13.4. The van der Waals surface area contributed by atoms with Gasteiger partial charge in [-0.05, 0) is 74.2 Å². The number of ether oxygens (including phenoxy) is 1. The summed E-state index contributed by atoms with van der Waals surface area (Å²) >= 11 is 4.82. The first-order chi connectivity index (χ1) is 30.3. The van der Waals surface area contributed by atoms with Crippen LogP contribution in [-0.2, 0) is 27.3 Å². The largest absolute Gasteiger partial charge is 0.487 e. The van der Waals surface area contributed by atoms with E-state index in [4.69, 9.17) is 11.6 Å². The summed E-state index contributed by atoms with van der Waals surface area (Å²) in [5, 5.41) is 26.6. The number of rotatable bonds is 16. The van der Waals surface area contributed by atoms with Gasteiger partial charge in [-0.2, -0.15) is 5.10 Å². The van der Waals surface area contributed by atoms with Crippen molar-refractivity contribution in [3.8, 4) is 17.0 Å². The van der Waals surface area contributed by atoms with Crippen molar-refractivity contribution in [1.82, 2.24) is 45.7 Å². The van der Waals surface area contributed by atoms with Crippen LogP contribution in [0.15, 0.2) is 73.2 Å². The van der Waals surface area contributed by atoms with Gasteiger partial charge in [0.2, 0.25) is 17.7 Å². The van der Waals surface area contributed by atoms with Gasteiger partial charge < -0.3 is 25.6 Å². The minimum absolute atomic E-state index is 0.0325. The Labute approximate surface area is 361 Å². The van der Waals surface area contributed by atoms with Crippen LogP contribution in [0.1, 0.15) is 68.9 Å². The number of alkyl halides is 3. The van der Waals surface area contributed by atoms with E-state index in [1.54, 1.807) is 41.3 Å². The van der Waals surface area contributed by atoms with Gasteiger partial charge in [0, 0.05) is 85.6 Å². The van der Waals surface area contributed by atoms with Crippen LogP contribution in [0.3, 0.4) is 0 Å². The summed E-state index contributed by atoms with van der Waals surface area (Å²) in [4.78, 5) is 84.3. The summed E-state index contributed by atoms with van der Waals surface area (Å²) in [5.41, 5.74) is -0.547. The Kier molecular flexibility index (Phi) is 12.1. The Balaban J connectivity index is 0.794. The first kappa shape index (κ1) is 42.4. The minimum Gasteiger partial charge on any atom is -0.420 e. The molecule has 5 N–H and O–H groups in total. The fourth-order valence-corrected chi connectivity index (χ4v) is 7.80. The van der Waals surface area contributed by atoms with E-state index >= 15 is 0 Å². The molecule has 3 aromatic heterocycles. The number of nitrogens with one attached hydrogen (secondary N) is 5. The van der Waals surface area contributed by atoms with Gasteiger partial charge in [-0.15, -0.1) is 13.9 Å². The molecule has 2 aromatic carbocycles. The fraction of sp³-hybridized carbons (Fsp3) is 0.317. The number of amides is 6. The average Bonchev–Trinajstić information content (AvgIpc) is 4.08. The number of aromatic amines is 1. The molecule has 0 spiro atoms. The van der Waals surface area contributed by atoms with Crippen molar-refractivity contribution in [3.63, 3.8) is 0 Å². The van der Waals surface area contributed by atoms with Gasteiger partial charge in [-0.1, -0.05) is 11.3 Å². The molecule has 2 unspecified atom stereocenters. The van der Waals surface area contributed by atoms with Gasteiger partial charge in [0.05, 0.1) is 34.6 Å². The molecule has 63 heavy (non-hydrogen) atoms. The molecule has 6 amide bonds. The molecule has 0 saturated carbocycles. The molecule has 5 aromatic rings. The number of nitrogens with zero attached hydrogens (tertiary/aromatic N) is 7. The van der Waals surface area contributed by atoms with E-state index in [1.807, 2.05) is 4.90 Å². The van der Waals surface area contributed by atoms with Gasteiger partial charge in [-0.3, -0.25) is 48.8 Å². The van der Waals surface area contributed by atoms with Crippen molar-refractivity contribution in [3.05, 3.63) is 95.6 Å². The molecule has 19 nitrogen and oxygen atoms in total. The Morgan fingerprint density at radius 2 is 1.84 bits per heavy atom. The van der Waals surface area contributed by atoms with Crippen LogP contribution in [0.4, 0.5) is 26.0 Å². The van der Waals surface area contributed by atoms with Crippen LogP contribution in [-0.4, -0.2) is 108 Å². The van der Waals surface area contributed by atoms with Crippen LogP contribution >= 0.6 is 11.6 Å². The monoisotopic (exact) mass is 884 g/mol. The fourth-order valence-electron chi connectivity index (χ4n) is 7.71. The highest BCUT2D eigenvalue weighted by molar-refractivity contribution is 6.25. The Bertz CT molecular complexity index is 2570. The number of aromatic nitrogens is 6. The molecule has 3 aliphatic rings. The molecule has 2 fully saturated rings. The molecule has 0 radical (unpaired) electrons. The topological polar surface area (TPSA) is 239 Å². The van der Waals surface area contributed by atoms with Crippen LogP contribution in [0.5, 0.6) is 5.75 Å². The molecule has 8 rings (SSSR count). The second-order valence-electron chi connectivity index (χ2n) is 15.0. The molecule has 22 heteroatoms. The third-order valence-electron chi connectivity index (χ3n) is 10.7. The van der Waals surface area contributed by atoms with Crippen LogP contribution in [0, 0.1) is 0 Å². The molecule has 2 saturated heterocycles. The van der Waals surface area contributed by atoms with E-state index in [1.165, 1.54) is 36.5 Å². The van der Waals surface area contributed by atoms with Crippen LogP contribution < -0.4 is 30.9 Å². The number of anilines is 3. The summed E-state index contributed by atoms with van der Waals surface area (Å²) in [6.45, 7) is 1.81. The van der Waals surface area contributed by atoms with E-state index in [-0.39, 0.29) is 53.7 Å². The molecular weight excluding hydrogens is 846 g/mol. The van der Waals surface area contributed by atoms with Gasteiger partial charge in [-0.25, -0.2) is 4.98 Å². The van der Waals surface area contributed by atoms with E-state index in [2.05, 4.69) is 51.5 Å². The predicted molar refractivity (Wildman–Crippen MR) is 221 cm³/mol. The van der Waals surface area contributed by atoms with Gasteiger partial charge >= 0.3 is 5.57 Å². The molecule has 326 valence electrons. The zero-order chi connectivity index (χ0) is 44.3. The second kappa shape index (κ2) is 18.0. The number of carbonyl (C=O) groups excluding carboxylic acids is 6. The summed E-state index contributed by atoms with van der Waals surface area (Å²) in [7, 11) is 0. The van der Waals surface area contributed by atoms with Crippen LogP contribution in [0.2, 0.25) is 0 Å². The Morgan fingerprint density at radius 1 is 1.02 bits per heavy atom.